The number of benzene rings is 1. The smallest absolute Gasteiger partial charge is 0.216 e. The number of ether oxygens (including phenoxy) is 1. The molecule has 3 heterocycles. The van der Waals surface area contributed by atoms with Gasteiger partial charge in [0.2, 0.25) is 4.77 Å². The molecule has 1 fully saturated rings. The number of H-pyrrole nitrogens is 1. The first kappa shape index (κ1) is 19.7. The lowest BCUT2D eigenvalue weighted by Gasteiger charge is -2.14. The molecule has 1 aliphatic heterocycles. The first-order chi connectivity index (χ1) is 14.0. The number of rotatable bonds is 6. The molecule has 0 radical (unpaired) electrons. The number of hydrogen-bond acceptors (Lipinski definition) is 4. The predicted molar refractivity (Wildman–Crippen MR) is 112 cm³/mol. The van der Waals surface area contributed by atoms with E-state index in [0.29, 0.717) is 17.0 Å². The summed E-state index contributed by atoms with van der Waals surface area (Å²) in [4.78, 5) is 0. The largest absolute Gasteiger partial charge is 0.376 e. The van der Waals surface area contributed by atoms with Gasteiger partial charge in [-0.1, -0.05) is 12.1 Å². The van der Waals surface area contributed by atoms with Gasteiger partial charge in [0.1, 0.15) is 5.82 Å². The highest BCUT2D eigenvalue weighted by Gasteiger charge is 2.18. The van der Waals surface area contributed by atoms with Gasteiger partial charge >= 0.3 is 0 Å². The molecule has 1 aromatic carbocycles. The van der Waals surface area contributed by atoms with Crippen molar-refractivity contribution < 1.29 is 9.13 Å². The van der Waals surface area contributed by atoms with E-state index in [1.165, 1.54) is 17.8 Å². The topological polar surface area (TPSA) is 60.1 Å². The Kier molecular flexibility index (Phi) is 5.73. The lowest BCUT2D eigenvalue weighted by Crippen LogP contribution is -2.16. The van der Waals surface area contributed by atoms with E-state index in [4.69, 9.17) is 17.0 Å². The third-order valence-corrected chi connectivity index (χ3v) is 5.59. The number of halogens is 1. The molecule has 0 spiro atoms. The average Bonchev–Trinajstić information content (AvgIpc) is 3.40. The second-order valence-electron chi connectivity index (χ2n) is 7.38. The van der Waals surface area contributed by atoms with Crippen LogP contribution in [0, 0.1) is 24.4 Å². The maximum absolute atomic E-state index is 13.1. The van der Waals surface area contributed by atoms with Gasteiger partial charge in [-0.25, -0.2) is 4.39 Å². The fourth-order valence-corrected chi connectivity index (χ4v) is 3.89. The molecular formula is C21H24FN5OS. The van der Waals surface area contributed by atoms with Crippen molar-refractivity contribution in [3.8, 4) is 0 Å². The van der Waals surface area contributed by atoms with E-state index in [1.54, 1.807) is 16.8 Å². The zero-order chi connectivity index (χ0) is 20.4. The Bertz CT molecular complexity index is 1070. The minimum absolute atomic E-state index is 0.260. The van der Waals surface area contributed by atoms with Crippen molar-refractivity contribution in [1.82, 2.24) is 19.4 Å². The van der Waals surface area contributed by atoms with Crippen molar-refractivity contribution in [2.75, 3.05) is 6.61 Å². The van der Waals surface area contributed by atoms with E-state index < -0.39 is 0 Å². The van der Waals surface area contributed by atoms with Gasteiger partial charge < -0.3 is 9.30 Å². The maximum atomic E-state index is 13.1. The molecule has 152 valence electrons. The number of nitrogens with zero attached hydrogens (tertiary/aromatic N) is 4. The van der Waals surface area contributed by atoms with Gasteiger partial charge in [-0.15, -0.1) is 0 Å². The lowest BCUT2D eigenvalue weighted by molar-refractivity contribution is 0.0962. The summed E-state index contributed by atoms with van der Waals surface area (Å²) in [5.74, 6) is 0.412. The van der Waals surface area contributed by atoms with Crippen LogP contribution >= 0.6 is 12.2 Å². The van der Waals surface area contributed by atoms with E-state index in [9.17, 15) is 4.39 Å². The summed E-state index contributed by atoms with van der Waals surface area (Å²) in [6.07, 6.45) is 4.84. The molecule has 0 aliphatic carbocycles. The highest BCUT2D eigenvalue weighted by Crippen LogP contribution is 2.19. The maximum Gasteiger partial charge on any atom is 0.216 e. The number of aromatic amines is 1. The van der Waals surface area contributed by atoms with Crippen LogP contribution in [0.2, 0.25) is 0 Å². The van der Waals surface area contributed by atoms with Crippen LogP contribution in [0.1, 0.15) is 41.2 Å². The lowest BCUT2D eigenvalue weighted by atomic mass is 10.1. The molecule has 0 saturated carbocycles. The molecular weight excluding hydrogens is 389 g/mol. The number of aryl methyl sites for hydroxylation is 1. The van der Waals surface area contributed by atoms with Crippen LogP contribution in [0.15, 0.2) is 35.4 Å². The fraction of sp³-hybridized carbons (Fsp3) is 0.381. The number of aromatic nitrogens is 4. The van der Waals surface area contributed by atoms with Gasteiger partial charge in [0.15, 0.2) is 5.82 Å². The zero-order valence-corrected chi connectivity index (χ0v) is 17.4. The molecule has 3 aromatic rings. The van der Waals surface area contributed by atoms with Gasteiger partial charge in [-0.3, -0.25) is 5.10 Å². The highest BCUT2D eigenvalue weighted by molar-refractivity contribution is 7.71. The van der Waals surface area contributed by atoms with Gasteiger partial charge in [0.05, 0.1) is 12.3 Å². The second kappa shape index (κ2) is 8.42. The standard InChI is InChI=1S/C21H24FN5OS/c1-14-10-17(15(2)26(14)13-19-4-3-9-28-19)12-23-27-20(24-25-21(27)29)11-16-5-7-18(22)8-6-16/h5-8,10,12,19H,3-4,9,11,13H2,1-2H3,(H,25,29)/b23-12-/t19-/m1/s1. The molecule has 29 heavy (non-hydrogen) atoms. The Labute approximate surface area is 174 Å². The monoisotopic (exact) mass is 413 g/mol. The molecule has 1 atom stereocenters. The van der Waals surface area contributed by atoms with Crippen LogP contribution in [0.3, 0.4) is 0 Å². The summed E-state index contributed by atoms with van der Waals surface area (Å²) in [6, 6.07) is 8.47. The molecule has 1 aliphatic rings. The Hall–Kier alpha value is -2.58. The summed E-state index contributed by atoms with van der Waals surface area (Å²) in [6.45, 7) is 5.92. The molecule has 2 aromatic heterocycles. The van der Waals surface area contributed by atoms with Crippen molar-refractivity contribution in [3.05, 3.63) is 69.3 Å². The summed E-state index contributed by atoms with van der Waals surface area (Å²) in [7, 11) is 0. The van der Waals surface area contributed by atoms with Gasteiger partial charge in [0.25, 0.3) is 0 Å². The van der Waals surface area contributed by atoms with Gasteiger partial charge in [-0.05, 0) is 62.7 Å². The van der Waals surface area contributed by atoms with E-state index in [2.05, 4.69) is 39.8 Å². The summed E-state index contributed by atoms with van der Waals surface area (Å²) < 4.78 is 23.2. The Morgan fingerprint density at radius 3 is 2.86 bits per heavy atom. The quantitative estimate of drug-likeness (QED) is 0.488. The first-order valence-corrected chi connectivity index (χ1v) is 10.2. The predicted octanol–water partition coefficient (Wildman–Crippen LogP) is 4.15. The van der Waals surface area contributed by atoms with Crippen LogP contribution in [0.4, 0.5) is 4.39 Å². The summed E-state index contributed by atoms with van der Waals surface area (Å²) in [5, 5.41) is 11.6. The summed E-state index contributed by atoms with van der Waals surface area (Å²) >= 11 is 5.33. The van der Waals surface area contributed by atoms with Crippen LogP contribution < -0.4 is 0 Å². The van der Waals surface area contributed by atoms with Crippen LogP contribution in [-0.2, 0) is 17.7 Å². The SMILES string of the molecule is Cc1cc(/C=N\n2c(Cc3ccc(F)cc3)n[nH]c2=S)c(C)n1C[C@H]1CCCO1. The molecule has 0 amide bonds. The van der Waals surface area contributed by atoms with Crippen molar-refractivity contribution in [2.45, 2.75) is 45.8 Å². The average molecular weight is 414 g/mol. The Morgan fingerprint density at radius 2 is 2.14 bits per heavy atom. The molecule has 1 N–H and O–H groups in total. The third-order valence-electron chi connectivity index (χ3n) is 5.33. The second-order valence-corrected chi connectivity index (χ2v) is 7.76. The van der Waals surface area contributed by atoms with E-state index >= 15 is 0 Å². The van der Waals surface area contributed by atoms with Crippen LogP contribution in [0.5, 0.6) is 0 Å². The normalized spacial score (nSPS) is 16.9. The number of nitrogens with one attached hydrogen (secondary N) is 1. The molecule has 0 unspecified atom stereocenters. The zero-order valence-electron chi connectivity index (χ0n) is 16.6. The van der Waals surface area contributed by atoms with Gasteiger partial charge in [0, 0.05) is 36.5 Å². The molecule has 8 heteroatoms. The summed E-state index contributed by atoms with van der Waals surface area (Å²) in [5.41, 5.74) is 4.31. The van der Waals surface area contributed by atoms with E-state index in [0.717, 1.165) is 42.8 Å². The molecule has 4 rings (SSSR count). The molecule has 1 saturated heterocycles. The van der Waals surface area contributed by atoms with Crippen molar-refractivity contribution in [1.29, 1.82) is 0 Å². The van der Waals surface area contributed by atoms with Crippen molar-refractivity contribution >= 4 is 18.4 Å². The molecule has 0 bridgehead atoms. The van der Waals surface area contributed by atoms with Crippen LogP contribution in [-0.4, -0.2) is 38.4 Å². The molecule has 6 nitrogen and oxygen atoms in total. The van der Waals surface area contributed by atoms with Gasteiger partial charge in [-0.2, -0.15) is 14.9 Å². The van der Waals surface area contributed by atoms with Crippen molar-refractivity contribution in [3.63, 3.8) is 0 Å². The van der Waals surface area contributed by atoms with Crippen molar-refractivity contribution in [2.24, 2.45) is 5.10 Å². The first-order valence-electron chi connectivity index (χ1n) is 9.74. The van der Waals surface area contributed by atoms with E-state index in [1.807, 2.05) is 6.21 Å². The minimum Gasteiger partial charge on any atom is -0.376 e. The van der Waals surface area contributed by atoms with Crippen LogP contribution in [0.25, 0.3) is 0 Å². The Morgan fingerprint density at radius 1 is 1.34 bits per heavy atom. The number of hydrogen-bond donors (Lipinski definition) is 1. The minimum atomic E-state index is -0.260. The van der Waals surface area contributed by atoms with E-state index in [-0.39, 0.29) is 11.9 Å². The fourth-order valence-electron chi connectivity index (χ4n) is 3.69. The Balaban J connectivity index is 1.56. The third kappa shape index (κ3) is 4.38. The highest BCUT2D eigenvalue weighted by atomic mass is 32.1.